The Kier molecular flexibility index (Phi) is 9.32. The number of anilines is 1. The number of methoxy groups -OCH3 is 2. The summed E-state index contributed by atoms with van der Waals surface area (Å²) in [6.45, 7) is 6.13. The number of aromatic nitrogens is 3. The van der Waals surface area contributed by atoms with Gasteiger partial charge in [-0.1, -0.05) is 37.6 Å². The molecule has 5 aromatic rings. The predicted octanol–water partition coefficient (Wildman–Crippen LogP) is 8.30. The van der Waals surface area contributed by atoms with Crippen LogP contribution in [-0.2, 0) is 13.6 Å². The van der Waals surface area contributed by atoms with Crippen molar-refractivity contribution in [3.8, 4) is 23.0 Å². The third-order valence-electron chi connectivity index (χ3n) is 11.6. The summed E-state index contributed by atoms with van der Waals surface area (Å²) >= 11 is 0. The SMILES string of the molecule is CC[C@@H]1CCCN(C(=O)c2cc(OC)c3c(c2)nc(-c2cc4cccc(C5CCN(C(=O)Nc6cccc(OC)c6)CC5)c4n2CC2CC2)n3C)C1. The summed E-state index contributed by atoms with van der Waals surface area (Å²) in [4.78, 5) is 36.2. The van der Waals surface area contributed by atoms with E-state index in [0.29, 0.717) is 47.9 Å². The van der Waals surface area contributed by atoms with Crippen molar-refractivity contribution >= 4 is 39.6 Å². The maximum absolute atomic E-state index is 13.8. The lowest BCUT2D eigenvalue weighted by Crippen LogP contribution is -2.40. The molecule has 3 aliphatic rings. The fourth-order valence-electron chi connectivity index (χ4n) is 8.50. The van der Waals surface area contributed by atoms with Gasteiger partial charge in [0.05, 0.1) is 30.9 Å². The summed E-state index contributed by atoms with van der Waals surface area (Å²) < 4.78 is 15.9. The minimum Gasteiger partial charge on any atom is -0.497 e. The van der Waals surface area contributed by atoms with Crippen LogP contribution in [0, 0.1) is 11.8 Å². The van der Waals surface area contributed by atoms with E-state index < -0.39 is 0 Å². The molecule has 2 aromatic heterocycles. The highest BCUT2D eigenvalue weighted by atomic mass is 16.5. The van der Waals surface area contributed by atoms with Gasteiger partial charge in [-0.05, 0) is 92.2 Å². The third kappa shape index (κ3) is 6.48. The number of imidazole rings is 1. The van der Waals surface area contributed by atoms with Crippen LogP contribution in [0.4, 0.5) is 10.5 Å². The molecule has 3 amide bonds. The molecule has 0 unspecified atom stereocenters. The van der Waals surface area contributed by atoms with Crippen LogP contribution in [0.15, 0.2) is 60.7 Å². The number of hydrogen-bond donors (Lipinski definition) is 1. The van der Waals surface area contributed by atoms with E-state index in [1.54, 1.807) is 14.2 Å². The largest absolute Gasteiger partial charge is 0.497 e. The first-order valence-corrected chi connectivity index (χ1v) is 19.0. The van der Waals surface area contributed by atoms with E-state index in [1.807, 2.05) is 46.2 Å². The van der Waals surface area contributed by atoms with Gasteiger partial charge in [0.15, 0.2) is 5.82 Å². The zero-order chi connectivity index (χ0) is 35.9. The van der Waals surface area contributed by atoms with Gasteiger partial charge in [0.2, 0.25) is 0 Å². The smallest absolute Gasteiger partial charge is 0.321 e. The van der Waals surface area contributed by atoms with Crippen LogP contribution in [0.25, 0.3) is 33.5 Å². The Morgan fingerprint density at radius 3 is 2.42 bits per heavy atom. The Morgan fingerprint density at radius 2 is 1.67 bits per heavy atom. The van der Waals surface area contributed by atoms with Crippen LogP contribution in [0.5, 0.6) is 11.5 Å². The van der Waals surface area contributed by atoms with E-state index in [9.17, 15) is 9.59 Å². The zero-order valence-electron chi connectivity index (χ0n) is 30.9. The highest BCUT2D eigenvalue weighted by Crippen LogP contribution is 2.41. The van der Waals surface area contributed by atoms with Gasteiger partial charge in [-0.15, -0.1) is 0 Å². The Hall–Kier alpha value is -4.99. The summed E-state index contributed by atoms with van der Waals surface area (Å²) in [5.74, 6) is 3.85. The van der Waals surface area contributed by atoms with Crippen LogP contribution >= 0.6 is 0 Å². The number of rotatable bonds is 9. The maximum atomic E-state index is 13.8. The molecule has 52 heavy (non-hydrogen) atoms. The molecule has 3 fully saturated rings. The number of amides is 3. The summed E-state index contributed by atoms with van der Waals surface area (Å²) in [7, 11) is 5.36. The number of likely N-dealkylation sites (tertiary alicyclic amines) is 2. The van der Waals surface area contributed by atoms with E-state index in [2.05, 4.69) is 52.7 Å². The highest BCUT2D eigenvalue weighted by molar-refractivity contribution is 6.00. The topological polar surface area (TPSA) is 93.9 Å². The van der Waals surface area contributed by atoms with Gasteiger partial charge in [-0.3, -0.25) is 4.79 Å². The first-order valence-electron chi connectivity index (χ1n) is 19.0. The lowest BCUT2D eigenvalue weighted by molar-refractivity contribution is 0.0671. The number of nitrogens with one attached hydrogen (secondary N) is 1. The van der Waals surface area contributed by atoms with Crippen molar-refractivity contribution in [1.82, 2.24) is 23.9 Å². The molecule has 272 valence electrons. The number of nitrogens with zero attached hydrogens (tertiary/aromatic N) is 5. The van der Waals surface area contributed by atoms with Crippen molar-refractivity contribution in [2.75, 3.05) is 45.7 Å². The van der Waals surface area contributed by atoms with E-state index in [-0.39, 0.29) is 11.9 Å². The minimum absolute atomic E-state index is 0.0573. The van der Waals surface area contributed by atoms with Gasteiger partial charge in [-0.25, -0.2) is 9.78 Å². The second kappa shape index (κ2) is 14.2. The molecule has 2 saturated heterocycles. The summed E-state index contributed by atoms with van der Waals surface area (Å²) in [5.41, 5.74) is 6.73. The van der Waals surface area contributed by atoms with Crippen molar-refractivity contribution in [2.24, 2.45) is 18.9 Å². The number of piperidine rings is 2. The second-order valence-corrected chi connectivity index (χ2v) is 15.0. The standard InChI is InChI=1S/C42H50N6O4/c1-5-27-9-8-18-47(25-27)41(49)31-21-35-39(37(23-31)52-4)45(2)40(44-35)36-22-30-10-6-13-34(38(30)48(36)26-28-14-15-28)29-16-19-46(20-17-29)42(50)43-32-11-7-12-33(24-32)51-3/h6-7,10-13,21-24,27-29H,5,8-9,14-20,25-26H2,1-4H3,(H,43,50)/t27-/m1/s1. The molecular formula is C42H50N6O4. The van der Waals surface area contributed by atoms with Gasteiger partial charge >= 0.3 is 6.03 Å². The Morgan fingerprint density at radius 1 is 0.865 bits per heavy atom. The summed E-state index contributed by atoms with van der Waals surface area (Å²) in [5, 5.41) is 4.25. The number of carbonyl (C=O) groups excluding carboxylic acids is 2. The number of urea groups is 1. The molecule has 1 saturated carbocycles. The van der Waals surface area contributed by atoms with Crippen molar-refractivity contribution in [3.05, 3.63) is 71.8 Å². The van der Waals surface area contributed by atoms with Crippen molar-refractivity contribution < 1.29 is 19.1 Å². The molecule has 1 aliphatic carbocycles. The lowest BCUT2D eigenvalue weighted by atomic mass is 9.88. The molecule has 0 radical (unpaired) electrons. The van der Waals surface area contributed by atoms with E-state index in [0.717, 1.165) is 73.6 Å². The predicted molar refractivity (Wildman–Crippen MR) is 205 cm³/mol. The number of carbonyl (C=O) groups is 2. The molecule has 8 rings (SSSR count). The average Bonchev–Trinajstić information content (AvgIpc) is 3.85. The molecule has 4 heterocycles. The van der Waals surface area contributed by atoms with E-state index >= 15 is 0 Å². The fourth-order valence-corrected chi connectivity index (χ4v) is 8.50. The molecule has 2 aliphatic heterocycles. The quantitative estimate of drug-likeness (QED) is 0.167. The molecule has 0 spiro atoms. The first-order chi connectivity index (χ1) is 25.3. The third-order valence-corrected chi connectivity index (χ3v) is 11.6. The molecule has 1 atom stereocenters. The number of fused-ring (bicyclic) bond motifs is 2. The van der Waals surface area contributed by atoms with Gasteiger partial charge in [0.1, 0.15) is 17.0 Å². The number of para-hydroxylation sites is 1. The molecule has 10 heteroatoms. The van der Waals surface area contributed by atoms with Gasteiger partial charge < -0.3 is 33.7 Å². The Labute approximate surface area is 305 Å². The molecule has 3 aromatic carbocycles. The first kappa shape index (κ1) is 34.1. The van der Waals surface area contributed by atoms with Crippen LogP contribution < -0.4 is 14.8 Å². The van der Waals surface area contributed by atoms with Crippen molar-refractivity contribution in [3.63, 3.8) is 0 Å². The maximum Gasteiger partial charge on any atom is 0.321 e. The van der Waals surface area contributed by atoms with Gasteiger partial charge in [-0.2, -0.15) is 0 Å². The molecular weight excluding hydrogens is 652 g/mol. The summed E-state index contributed by atoms with van der Waals surface area (Å²) in [6, 6.07) is 20.2. The lowest BCUT2D eigenvalue weighted by Gasteiger charge is -2.32. The van der Waals surface area contributed by atoms with Gasteiger partial charge in [0, 0.05) is 62.5 Å². The van der Waals surface area contributed by atoms with Crippen LogP contribution in [0.3, 0.4) is 0 Å². The highest BCUT2D eigenvalue weighted by Gasteiger charge is 2.31. The normalized spacial score (nSPS) is 18.3. The summed E-state index contributed by atoms with van der Waals surface area (Å²) in [6.07, 6.45) is 7.58. The van der Waals surface area contributed by atoms with Crippen LogP contribution in [0.2, 0.25) is 0 Å². The monoisotopic (exact) mass is 702 g/mol. The number of ether oxygens (including phenoxy) is 2. The second-order valence-electron chi connectivity index (χ2n) is 15.0. The van der Waals surface area contributed by atoms with Crippen molar-refractivity contribution in [2.45, 2.75) is 64.3 Å². The molecule has 1 N–H and O–H groups in total. The van der Waals surface area contributed by atoms with E-state index in [4.69, 9.17) is 14.5 Å². The number of benzene rings is 3. The molecule has 10 nitrogen and oxygen atoms in total. The van der Waals surface area contributed by atoms with Crippen LogP contribution in [-0.4, -0.2) is 76.3 Å². The minimum atomic E-state index is -0.0764. The zero-order valence-corrected chi connectivity index (χ0v) is 30.9. The van der Waals surface area contributed by atoms with Gasteiger partial charge in [0.25, 0.3) is 5.91 Å². The Balaban J connectivity index is 1.10. The van der Waals surface area contributed by atoms with Crippen molar-refractivity contribution in [1.29, 1.82) is 0 Å². The van der Waals surface area contributed by atoms with Crippen LogP contribution in [0.1, 0.15) is 73.7 Å². The van der Waals surface area contributed by atoms with E-state index in [1.165, 1.54) is 35.7 Å². The average molecular weight is 703 g/mol. The number of hydrogen-bond acceptors (Lipinski definition) is 5. The fraction of sp³-hybridized carbons (Fsp3) is 0.452. The Bertz CT molecular complexity index is 2120. The molecule has 0 bridgehead atoms. The number of aryl methyl sites for hydroxylation is 1.